The van der Waals surface area contributed by atoms with Gasteiger partial charge in [0.25, 0.3) is 0 Å². The monoisotopic (exact) mass is 382 g/mol. The van der Waals surface area contributed by atoms with Gasteiger partial charge in [0.1, 0.15) is 12.4 Å². The quantitative estimate of drug-likeness (QED) is 0.554. The maximum absolute atomic E-state index is 12.3. The number of pyridine rings is 2. The molecule has 0 aliphatic heterocycles. The Kier molecular flexibility index (Phi) is 7.67. The number of rotatable bonds is 7. The van der Waals surface area contributed by atoms with E-state index in [9.17, 15) is 4.79 Å². The van der Waals surface area contributed by atoms with Crippen molar-refractivity contribution < 1.29 is 9.53 Å². The number of hydrogen-bond donors (Lipinski definition) is 1. The summed E-state index contributed by atoms with van der Waals surface area (Å²) in [6.45, 7) is 10.4. The fourth-order valence-corrected chi connectivity index (χ4v) is 2.58. The lowest BCUT2D eigenvalue weighted by Gasteiger charge is -2.18. The van der Waals surface area contributed by atoms with Crippen LogP contribution in [0, 0.1) is 12.3 Å². The molecule has 0 saturated carbocycles. The Morgan fingerprint density at radius 1 is 1.21 bits per heavy atom. The number of nitrogens with zero attached hydrogens (tertiary/aromatic N) is 3. The molecule has 2 heterocycles. The van der Waals surface area contributed by atoms with E-state index in [0.29, 0.717) is 31.2 Å². The average Bonchev–Trinajstić information content (AvgIpc) is 2.61. The fourth-order valence-electron chi connectivity index (χ4n) is 2.58. The minimum absolute atomic E-state index is 0.0133. The standard InChI is InChI=1S/C22H30N4O2/c1-6-9-19(26-20(27)14-22(3,4)5)25-18-11-12-21(24-16(18)2)28-15-17-10-7-8-13-23-17/h7-8,10-13H,6,9,14-15H2,1-5H3,(H,25,26,27). The molecule has 1 N–H and O–H groups in total. The van der Waals surface area contributed by atoms with Crippen molar-refractivity contribution in [2.45, 2.75) is 60.5 Å². The molecular weight excluding hydrogens is 352 g/mol. The molecule has 150 valence electrons. The summed E-state index contributed by atoms with van der Waals surface area (Å²) in [6, 6.07) is 9.35. The number of aromatic nitrogens is 2. The maximum Gasteiger partial charge on any atom is 0.225 e. The van der Waals surface area contributed by atoms with Gasteiger partial charge in [0.2, 0.25) is 11.8 Å². The largest absolute Gasteiger partial charge is 0.471 e. The van der Waals surface area contributed by atoms with Gasteiger partial charge >= 0.3 is 0 Å². The smallest absolute Gasteiger partial charge is 0.225 e. The second-order valence-electron chi connectivity index (χ2n) is 7.96. The normalized spacial score (nSPS) is 12.0. The van der Waals surface area contributed by atoms with Crippen molar-refractivity contribution in [3.63, 3.8) is 0 Å². The SMILES string of the molecule is CCC/C(=N\c1ccc(OCc2ccccn2)nc1C)NC(=O)CC(C)(C)C. The van der Waals surface area contributed by atoms with Crippen molar-refractivity contribution in [2.24, 2.45) is 10.4 Å². The molecule has 0 atom stereocenters. The summed E-state index contributed by atoms with van der Waals surface area (Å²) >= 11 is 0. The van der Waals surface area contributed by atoms with Crippen molar-refractivity contribution in [3.8, 4) is 5.88 Å². The number of ether oxygens (including phenoxy) is 1. The highest BCUT2D eigenvalue weighted by Gasteiger charge is 2.17. The van der Waals surface area contributed by atoms with Gasteiger partial charge in [-0.1, -0.05) is 33.8 Å². The predicted molar refractivity (Wildman–Crippen MR) is 112 cm³/mol. The average molecular weight is 383 g/mol. The Morgan fingerprint density at radius 3 is 2.61 bits per heavy atom. The van der Waals surface area contributed by atoms with Crippen molar-refractivity contribution in [1.82, 2.24) is 15.3 Å². The number of amides is 1. The molecule has 0 bridgehead atoms. The van der Waals surface area contributed by atoms with Crippen LogP contribution in [0.2, 0.25) is 0 Å². The summed E-state index contributed by atoms with van der Waals surface area (Å²) in [5, 5.41) is 2.96. The van der Waals surface area contributed by atoms with Crippen molar-refractivity contribution in [1.29, 1.82) is 0 Å². The molecule has 0 spiro atoms. The number of amidine groups is 1. The second kappa shape index (κ2) is 9.97. The Balaban J connectivity index is 2.07. The van der Waals surface area contributed by atoms with Crippen LogP contribution in [0.1, 0.15) is 58.3 Å². The second-order valence-corrected chi connectivity index (χ2v) is 7.96. The van der Waals surface area contributed by atoms with Crippen molar-refractivity contribution in [2.75, 3.05) is 0 Å². The fraction of sp³-hybridized carbons (Fsp3) is 0.455. The number of aliphatic imine (C=N–C) groups is 1. The topological polar surface area (TPSA) is 76.5 Å². The molecule has 6 heteroatoms. The highest BCUT2D eigenvalue weighted by Crippen LogP contribution is 2.22. The van der Waals surface area contributed by atoms with Crippen LogP contribution >= 0.6 is 0 Å². The predicted octanol–water partition coefficient (Wildman–Crippen LogP) is 4.75. The molecule has 0 fully saturated rings. The van der Waals surface area contributed by atoms with E-state index in [1.807, 2.05) is 52.0 Å². The van der Waals surface area contributed by atoms with Crippen LogP contribution in [0.5, 0.6) is 5.88 Å². The van der Waals surface area contributed by atoms with E-state index < -0.39 is 0 Å². The van der Waals surface area contributed by atoms with Gasteiger partial charge in [-0.2, -0.15) is 0 Å². The third kappa shape index (κ3) is 7.47. The van der Waals surface area contributed by atoms with E-state index in [0.717, 1.165) is 23.5 Å². The Hall–Kier alpha value is -2.76. The molecule has 2 aromatic rings. The molecule has 2 rings (SSSR count). The van der Waals surface area contributed by atoms with Gasteiger partial charge in [-0.25, -0.2) is 9.98 Å². The lowest BCUT2D eigenvalue weighted by Crippen LogP contribution is -2.33. The highest BCUT2D eigenvalue weighted by atomic mass is 16.5. The Bertz CT molecular complexity index is 811. The van der Waals surface area contributed by atoms with Crippen molar-refractivity contribution in [3.05, 3.63) is 47.9 Å². The van der Waals surface area contributed by atoms with Crippen LogP contribution in [-0.2, 0) is 11.4 Å². The molecule has 1 amide bonds. The zero-order chi connectivity index (χ0) is 20.6. The summed E-state index contributed by atoms with van der Waals surface area (Å²) < 4.78 is 5.71. The zero-order valence-electron chi connectivity index (χ0n) is 17.5. The van der Waals surface area contributed by atoms with Crippen LogP contribution < -0.4 is 10.1 Å². The summed E-state index contributed by atoms with van der Waals surface area (Å²) in [6.07, 6.45) is 3.78. The van der Waals surface area contributed by atoms with Gasteiger partial charge in [-0.05, 0) is 37.0 Å². The van der Waals surface area contributed by atoms with E-state index in [4.69, 9.17) is 4.74 Å². The first-order chi connectivity index (χ1) is 13.3. The maximum atomic E-state index is 12.3. The van der Waals surface area contributed by atoms with Gasteiger partial charge in [0.15, 0.2) is 0 Å². The number of carbonyl (C=O) groups is 1. The molecule has 0 saturated heterocycles. The molecule has 0 aromatic carbocycles. The van der Waals surface area contributed by atoms with Gasteiger partial charge < -0.3 is 10.1 Å². The van der Waals surface area contributed by atoms with Crippen molar-refractivity contribution >= 4 is 17.4 Å². The van der Waals surface area contributed by atoms with Crippen LogP contribution in [0.15, 0.2) is 41.5 Å². The van der Waals surface area contributed by atoms with E-state index >= 15 is 0 Å². The van der Waals surface area contributed by atoms with Gasteiger partial charge in [-0.3, -0.25) is 9.78 Å². The molecule has 0 aliphatic carbocycles. The van der Waals surface area contributed by atoms with Crippen LogP contribution in [0.4, 0.5) is 5.69 Å². The minimum atomic E-state index is -0.0640. The minimum Gasteiger partial charge on any atom is -0.471 e. The molecule has 28 heavy (non-hydrogen) atoms. The van der Waals surface area contributed by atoms with Gasteiger partial charge in [0.05, 0.1) is 17.1 Å². The van der Waals surface area contributed by atoms with Crippen LogP contribution in [-0.4, -0.2) is 21.7 Å². The van der Waals surface area contributed by atoms with Crippen LogP contribution in [0.25, 0.3) is 0 Å². The lowest BCUT2D eigenvalue weighted by molar-refractivity contribution is -0.121. The third-order valence-electron chi connectivity index (χ3n) is 3.84. The molecule has 6 nitrogen and oxygen atoms in total. The molecular formula is C22H30N4O2. The van der Waals surface area contributed by atoms with E-state index in [1.54, 1.807) is 12.3 Å². The molecule has 0 unspecified atom stereocenters. The summed E-state index contributed by atoms with van der Waals surface area (Å²) in [5.41, 5.74) is 2.25. The first-order valence-corrected chi connectivity index (χ1v) is 9.64. The van der Waals surface area contributed by atoms with Gasteiger partial charge in [0, 0.05) is 25.1 Å². The first-order valence-electron chi connectivity index (χ1n) is 9.64. The van der Waals surface area contributed by atoms with E-state index in [-0.39, 0.29) is 11.3 Å². The Labute approximate surface area is 167 Å². The highest BCUT2D eigenvalue weighted by molar-refractivity contribution is 5.99. The number of nitrogens with one attached hydrogen (secondary N) is 1. The summed E-state index contributed by atoms with van der Waals surface area (Å²) in [4.78, 5) is 25.6. The number of carbonyl (C=O) groups excluding carboxylic acids is 1. The lowest BCUT2D eigenvalue weighted by atomic mass is 9.92. The Morgan fingerprint density at radius 2 is 2.00 bits per heavy atom. The third-order valence-corrected chi connectivity index (χ3v) is 3.84. The molecule has 0 radical (unpaired) electrons. The first kappa shape index (κ1) is 21.5. The molecule has 2 aromatic heterocycles. The van der Waals surface area contributed by atoms with Crippen LogP contribution in [0.3, 0.4) is 0 Å². The zero-order valence-corrected chi connectivity index (χ0v) is 17.5. The van der Waals surface area contributed by atoms with E-state index in [1.165, 1.54) is 0 Å². The van der Waals surface area contributed by atoms with Gasteiger partial charge in [-0.15, -0.1) is 0 Å². The number of aryl methyl sites for hydroxylation is 1. The van der Waals surface area contributed by atoms with E-state index in [2.05, 4.69) is 27.2 Å². The summed E-state index contributed by atoms with van der Waals surface area (Å²) in [7, 11) is 0. The number of hydrogen-bond acceptors (Lipinski definition) is 5. The summed E-state index contributed by atoms with van der Waals surface area (Å²) in [5.74, 6) is 1.18. The molecule has 0 aliphatic rings.